The van der Waals surface area contributed by atoms with E-state index in [1.165, 1.54) is 0 Å². The summed E-state index contributed by atoms with van der Waals surface area (Å²) >= 11 is 3.40. The first-order valence-corrected chi connectivity index (χ1v) is 6.49. The summed E-state index contributed by atoms with van der Waals surface area (Å²) in [5.41, 5.74) is 0.697. The van der Waals surface area contributed by atoms with Gasteiger partial charge in [0.05, 0.1) is 10.4 Å². The summed E-state index contributed by atoms with van der Waals surface area (Å²) in [5, 5.41) is 9.77. The first-order chi connectivity index (χ1) is 8.65. The van der Waals surface area contributed by atoms with E-state index < -0.39 is 5.97 Å². The van der Waals surface area contributed by atoms with Gasteiger partial charge in [0.2, 0.25) is 0 Å². The van der Waals surface area contributed by atoms with E-state index in [2.05, 4.69) is 15.9 Å². The largest absolute Gasteiger partial charge is 0.486 e. The molecule has 1 heterocycles. The molecule has 1 aromatic carbocycles. The molecular formula is C13H11BrO4. The zero-order chi connectivity index (χ0) is 12.7. The number of aliphatic carboxylic acids is 1. The van der Waals surface area contributed by atoms with Crippen LogP contribution in [0, 0.1) is 5.92 Å². The molecule has 0 unspecified atom stereocenters. The van der Waals surface area contributed by atoms with Crippen molar-refractivity contribution in [3.63, 3.8) is 0 Å². The number of rotatable bonds is 3. The molecule has 1 saturated carbocycles. The first kappa shape index (κ1) is 11.6. The summed E-state index contributed by atoms with van der Waals surface area (Å²) < 4.78 is 12.1. The Kier molecular flexibility index (Phi) is 2.78. The Morgan fingerprint density at radius 1 is 1.44 bits per heavy atom. The van der Waals surface area contributed by atoms with Crippen LogP contribution in [0.2, 0.25) is 0 Å². The van der Waals surface area contributed by atoms with Crippen molar-refractivity contribution in [2.24, 2.45) is 5.92 Å². The number of ether oxygens (including phenoxy) is 1. The van der Waals surface area contributed by atoms with Gasteiger partial charge in [-0.1, -0.05) is 6.07 Å². The fourth-order valence-corrected chi connectivity index (χ4v) is 2.54. The molecule has 0 amide bonds. The number of furan rings is 1. The lowest BCUT2D eigenvalue weighted by atomic mass is 9.82. The third-order valence-electron chi connectivity index (χ3n) is 3.25. The number of fused-ring (bicyclic) bond motifs is 1. The summed E-state index contributed by atoms with van der Waals surface area (Å²) in [6.45, 7) is 0. The molecule has 5 heteroatoms. The van der Waals surface area contributed by atoms with Gasteiger partial charge in [-0.2, -0.15) is 0 Å². The van der Waals surface area contributed by atoms with Crippen LogP contribution in [0.5, 0.6) is 5.75 Å². The van der Waals surface area contributed by atoms with Crippen LogP contribution >= 0.6 is 15.9 Å². The maximum atomic E-state index is 10.7. The summed E-state index contributed by atoms with van der Waals surface area (Å²) in [4.78, 5) is 10.7. The van der Waals surface area contributed by atoms with Crippen LogP contribution in [-0.4, -0.2) is 17.2 Å². The van der Waals surface area contributed by atoms with Crippen molar-refractivity contribution in [2.45, 2.75) is 18.9 Å². The molecule has 0 atom stereocenters. The smallest absolute Gasteiger partial charge is 0.306 e. The molecule has 3 rings (SSSR count). The number of para-hydroxylation sites is 1. The van der Waals surface area contributed by atoms with E-state index in [9.17, 15) is 4.79 Å². The Hall–Kier alpha value is -1.49. The van der Waals surface area contributed by atoms with Crippen molar-refractivity contribution in [3.05, 3.63) is 28.9 Å². The molecule has 94 valence electrons. The number of hydrogen-bond acceptors (Lipinski definition) is 3. The van der Waals surface area contributed by atoms with E-state index in [0.717, 1.165) is 9.86 Å². The number of benzene rings is 1. The highest BCUT2D eigenvalue weighted by Gasteiger charge is 2.36. The molecule has 0 radical (unpaired) electrons. The minimum Gasteiger partial charge on any atom is -0.486 e. The minimum atomic E-state index is -0.742. The predicted octanol–water partition coefficient (Wildman–Crippen LogP) is 3.44. The van der Waals surface area contributed by atoms with E-state index in [0.29, 0.717) is 24.2 Å². The quantitative estimate of drug-likeness (QED) is 0.943. The molecule has 1 aromatic heterocycles. The molecule has 0 spiro atoms. The van der Waals surface area contributed by atoms with Crippen molar-refractivity contribution in [1.82, 2.24) is 0 Å². The van der Waals surface area contributed by atoms with Crippen molar-refractivity contribution in [1.29, 1.82) is 0 Å². The minimum absolute atomic E-state index is 0.0272. The Morgan fingerprint density at radius 3 is 2.94 bits per heavy atom. The summed E-state index contributed by atoms with van der Waals surface area (Å²) in [6.07, 6.45) is 2.72. The summed E-state index contributed by atoms with van der Waals surface area (Å²) in [7, 11) is 0. The van der Waals surface area contributed by atoms with Gasteiger partial charge in [0, 0.05) is 5.39 Å². The van der Waals surface area contributed by atoms with Gasteiger partial charge in [-0.3, -0.25) is 4.79 Å². The van der Waals surface area contributed by atoms with Crippen LogP contribution in [0.4, 0.5) is 0 Å². The van der Waals surface area contributed by atoms with Gasteiger partial charge in [0.15, 0.2) is 11.3 Å². The topological polar surface area (TPSA) is 59.7 Å². The van der Waals surface area contributed by atoms with Crippen LogP contribution < -0.4 is 4.74 Å². The molecule has 0 saturated heterocycles. The van der Waals surface area contributed by atoms with Crippen molar-refractivity contribution >= 4 is 32.9 Å². The zero-order valence-corrected chi connectivity index (χ0v) is 11.0. The third kappa shape index (κ3) is 1.88. The van der Waals surface area contributed by atoms with Crippen LogP contribution in [0.1, 0.15) is 12.8 Å². The van der Waals surface area contributed by atoms with Gasteiger partial charge in [-0.05, 0) is 40.9 Å². The van der Waals surface area contributed by atoms with Gasteiger partial charge < -0.3 is 14.3 Å². The first-order valence-electron chi connectivity index (χ1n) is 5.70. The molecule has 0 bridgehead atoms. The normalized spacial score (nSPS) is 22.7. The fraction of sp³-hybridized carbons (Fsp3) is 0.308. The molecule has 1 aliphatic rings. The highest BCUT2D eigenvalue weighted by atomic mass is 79.9. The van der Waals surface area contributed by atoms with Crippen LogP contribution in [-0.2, 0) is 4.79 Å². The molecule has 2 aromatic rings. The molecule has 1 fully saturated rings. The van der Waals surface area contributed by atoms with Crippen LogP contribution in [0.3, 0.4) is 0 Å². The zero-order valence-electron chi connectivity index (χ0n) is 9.43. The molecule has 1 aliphatic carbocycles. The molecule has 18 heavy (non-hydrogen) atoms. The standard InChI is InChI=1S/C13H11BrO4/c14-10-6-17-12-9(10)2-1-3-11(12)18-8-4-7(5-8)13(15)16/h1-3,6-8H,4-5H2,(H,15,16). The fourth-order valence-electron chi connectivity index (χ4n) is 2.14. The number of carbonyl (C=O) groups is 1. The van der Waals surface area contributed by atoms with Crippen LogP contribution in [0.15, 0.2) is 33.4 Å². The SMILES string of the molecule is O=C(O)C1CC(Oc2cccc3c(Br)coc23)C1. The van der Waals surface area contributed by atoms with Gasteiger partial charge in [-0.15, -0.1) is 0 Å². The number of carboxylic acids is 1. The van der Waals surface area contributed by atoms with Crippen molar-refractivity contribution < 1.29 is 19.1 Å². The Morgan fingerprint density at radius 2 is 2.22 bits per heavy atom. The molecule has 0 aliphatic heterocycles. The summed E-state index contributed by atoms with van der Waals surface area (Å²) in [5.74, 6) is -0.335. The van der Waals surface area contributed by atoms with E-state index in [4.69, 9.17) is 14.3 Å². The van der Waals surface area contributed by atoms with Crippen molar-refractivity contribution in [3.8, 4) is 5.75 Å². The number of halogens is 1. The second kappa shape index (κ2) is 4.31. The van der Waals surface area contributed by atoms with E-state index in [1.54, 1.807) is 6.26 Å². The van der Waals surface area contributed by atoms with Crippen LogP contribution in [0.25, 0.3) is 11.0 Å². The number of hydrogen-bond donors (Lipinski definition) is 1. The Balaban J connectivity index is 1.78. The van der Waals surface area contributed by atoms with Gasteiger partial charge >= 0.3 is 5.97 Å². The second-order valence-electron chi connectivity index (χ2n) is 4.46. The van der Waals surface area contributed by atoms with E-state index >= 15 is 0 Å². The molecule has 4 nitrogen and oxygen atoms in total. The van der Waals surface area contributed by atoms with Gasteiger partial charge in [0.25, 0.3) is 0 Å². The lowest BCUT2D eigenvalue weighted by Gasteiger charge is -2.32. The Labute approximate surface area is 112 Å². The number of carboxylic acid groups (broad SMARTS) is 1. The lowest BCUT2D eigenvalue weighted by molar-refractivity contribution is -0.147. The van der Waals surface area contributed by atoms with E-state index in [-0.39, 0.29) is 12.0 Å². The monoisotopic (exact) mass is 310 g/mol. The summed E-state index contributed by atoms with van der Waals surface area (Å²) in [6, 6.07) is 5.67. The average Bonchev–Trinajstić information content (AvgIpc) is 2.65. The highest BCUT2D eigenvalue weighted by molar-refractivity contribution is 9.10. The Bertz CT molecular complexity index is 598. The second-order valence-corrected chi connectivity index (χ2v) is 5.32. The van der Waals surface area contributed by atoms with E-state index in [1.807, 2.05) is 18.2 Å². The lowest BCUT2D eigenvalue weighted by Crippen LogP contribution is -2.38. The van der Waals surface area contributed by atoms with Crippen molar-refractivity contribution in [2.75, 3.05) is 0 Å². The third-order valence-corrected chi connectivity index (χ3v) is 3.87. The maximum Gasteiger partial charge on any atom is 0.306 e. The highest BCUT2D eigenvalue weighted by Crippen LogP contribution is 2.37. The van der Waals surface area contributed by atoms with Gasteiger partial charge in [-0.25, -0.2) is 0 Å². The van der Waals surface area contributed by atoms with Gasteiger partial charge in [0.1, 0.15) is 12.4 Å². The molecular weight excluding hydrogens is 300 g/mol. The maximum absolute atomic E-state index is 10.7. The molecule has 1 N–H and O–H groups in total. The average molecular weight is 311 g/mol. The predicted molar refractivity (Wildman–Crippen MR) is 68.7 cm³/mol.